The second kappa shape index (κ2) is 5.74. The Morgan fingerprint density at radius 2 is 2.10 bits per heavy atom. The number of nitriles is 1. The molecule has 2 rings (SSSR count). The quantitative estimate of drug-likeness (QED) is 0.908. The van der Waals surface area contributed by atoms with Crippen molar-refractivity contribution in [2.24, 2.45) is 5.92 Å². The lowest BCUT2D eigenvalue weighted by atomic mass is 9.93. The Balaban J connectivity index is 2.38. The molecule has 1 aromatic carbocycles. The average molecular weight is 272 g/mol. The fourth-order valence-electron chi connectivity index (χ4n) is 2.68. The van der Waals surface area contributed by atoms with E-state index in [4.69, 9.17) is 5.26 Å². The molecule has 2 unspecified atom stereocenters. The van der Waals surface area contributed by atoms with Gasteiger partial charge in [0.2, 0.25) is 5.91 Å². The predicted octanol–water partition coefficient (Wildman–Crippen LogP) is 1.94. The minimum Gasteiger partial charge on any atom is -0.481 e. The van der Waals surface area contributed by atoms with Gasteiger partial charge in [-0.1, -0.05) is 19.1 Å². The topological polar surface area (TPSA) is 81.4 Å². The van der Waals surface area contributed by atoms with E-state index in [1.165, 1.54) is 0 Å². The van der Waals surface area contributed by atoms with Crippen molar-refractivity contribution in [3.05, 3.63) is 35.4 Å². The molecule has 1 heterocycles. The van der Waals surface area contributed by atoms with Crippen molar-refractivity contribution in [2.45, 2.75) is 25.8 Å². The Kier molecular flexibility index (Phi) is 4.04. The van der Waals surface area contributed by atoms with Crippen LogP contribution in [-0.2, 0) is 9.59 Å². The van der Waals surface area contributed by atoms with Crippen LogP contribution in [0.15, 0.2) is 24.3 Å². The Morgan fingerprint density at radius 3 is 2.60 bits per heavy atom. The molecule has 104 valence electrons. The number of benzene rings is 1. The summed E-state index contributed by atoms with van der Waals surface area (Å²) in [5, 5.41) is 18.1. The summed E-state index contributed by atoms with van der Waals surface area (Å²) < 4.78 is 0. The maximum Gasteiger partial charge on any atom is 0.309 e. The standard InChI is InChI=1S/C15H16N2O3/c1-2-7-17-13(18)8-12(15(19)20)14(17)11-5-3-10(9-16)4-6-11/h3-6,12,14H,2,7-8H2,1H3,(H,19,20). The smallest absolute Gasteiger partial charge is 0.309 e. The van der Waals surface area contributed by atoms with E-state index in [0.29, 0.717) is 12.1 Å². The van der Waals surface area contributed by atoms with Crippen molar-refractivity contribution in [3.63, 3.8) is 0 Å². The fourth-order valence-corrected chi connectivity index (χ4v) is 2.68. The highest BCUT2D eigenvalue weighted by molar-refractivity contribution is 5.87. The van der Waals surface area contributed by atoms with E-state index in [2.05, 4.69) is 0 Å². The first-order valence-corrected chi connectivity index (χ1v) is 6.60. The number of amides is 1. The summed E-state index contributed by atoms with van der Waals surface area (Å²) in [7, 11) is 0. The Hall–Kier alpha value is -2.35. The second-order valence-corrected chi connectivity index (χ2v) is 4.91. The van der Waals surface area contributed by atoms with E-state index in [9.17, 15) is 14.7 Å². The maximum atomic E-state index is 12.0. The number of hydrogen-bond acceptors (Lipinski definition) is 3. The number of carbonyl (C=O) groups is 2. The highest BCUT2D eigenvalue weighted by Crippen LogP contribution is 2.38. The molecular formula is C15H16N2O3. The van der Waals surface area contributed by atoms with Crippen LogP contribution < -0.4 is 0 Å². The maximum absolute atomic E-state index is 12.0. The minimum absolute atomic E-state index is 0.0417. The SMILES string of the molecule is CCCN1C(=O)CC(C(=O)O)C1c1ccc(C#N)cc1. The molecule has 2 atom stereocenters. The van der Waals surface area contributed by atoms with E-state index in [0.717, 1.165) is 12.0 Å². The molecule has 1 amide bonds. The van der Waals surface area contributed by atoms with Gasteiger partial charge in [-0.25, -0.2) is 0 Å². The molecule has 20 heavy (non-hydrogen) atoms. The van der Waals surface area contributed by atoms with Gasteiger partial charge in [0.05, 0.1) is 23.6 Å². The van der Waals surface area contributed by atoms with Gasteiger partial charge in [-0.2, -0.15) is 5.26 Å². The third-order valence-electron chi connectivity index (χ3n) is 3.59. The lowest BCUT2D eigenvalue weighted by molar-refractivity contribution is -0.142. The van der Waals surface area contributed by atoms with Crippen LogP contribution in [-0.4, -0.2) is 28.4 Å². The highest BCUT2D eigenvalue weighted by atomic mass is 16.4. The average Bonchev–Trinajstić information content (AvgIpc) is 2.77. The van der Waals surface area contributed by atoms with Gasteiger partial charge in [0.1, 0.15) is 0 Å². The third kappa shape index (κ3) is 2.50. The molecule has 0 aromatic heterocycles. The van der Waals surface area contributed by atoms with Crippen LogP contribution in [0.3, 0.4) is 0 Å². The zero-order valence-corrected chi connectivity index (χ0v) is 11.2. The fraction of sp³-hybridized carbons (Fsp3) is 0.400. The monoisotopic (exact) mass is 272 g/mol. The summed E-state index contributed by atoms with van der Waals surface area (Å²) in [6, 6.07) is 8.37. The molecule has 1 aromatic rings. The third-order valence-corrected chi connectivity index (χ3v) is 3.59. The van der Waals surface area contributed by atoms with E-state index >= 15 is 0 Å². The molecule has 1 aliphatic heterocycles. The van der Waals surface area contributed by atoms with Gasteiger partial charge in [0.15, 0.2) is 0 Å². The molecule has 0 bridgehead atoms. The van der Waals surface area contributed by atoms with E-state index in [1.807, 2.05) is 13.0 Å². The highest BCUT2D eigenvalue weighted by Gasteiger charge is 2.44. The van der Waals surface area contributed by atoms with Gasteiger partial charge in [0, 0.05) is 13.0 Å². The zero-order valence-electron chi connectivity index (χ0n) is 11.2. The van der Waals surface area contributed by atoms with Crippen LogP contribution in [0.4, 0.5) is 0 Å². The molecule has 0 spiro atoms. The van der Waals surface area contributed by atoms with Gasteiger partial charge >= 0.3 is 5.97 Å². The molecule has 1 aliphatic rings. The van der Waals surface area contributed by atoms with Crippen LogP contribution in [0.2, 0.25) is 0 Å². The zero-order chi connectivity index (χ0) is 14.7. The van der Waals surface area contributed by atoms with Crippen LogP contribution in [0, 0.1) is 17.2 Å². The lowest BCUT2D eigenvalue weighted by Crippen LogP contribution is -2.31. The molecule has 5 nitrogen and oxygen atoms in total. The minimum atomic E-state index is -0.952. The normalized spacial score (nSPS) is 21.8. The van der Waals surface area contributed by atoms with Crippen molar-refractivity contribution >= 4 is 11.9 Å². The van der Waals surface area contributed by atoms with Crippen molar-refractivity contribution in [1.82, 2.24) is 4.90 Å². The number of aliphatic carboxylic acids is 1. The predicted molar refractivity (Wildman–Crippen MR) is 71.6 cm³/mol. The molecule has 0 aliphatic carbocycles. The summed E-state index contributed by atoms with van der Waals surface area (Å²) in [4.78, 5) is 25.0. The van der Waals surface area contributed by atoms with Crippen molar-refractivity contribution < 1.29 is 14.7 Å². The summed E-state index contributed by atoms with van der Waals surface area (Å²) >= 11 is 0. The molecular weight excluding hydrogens is 256 g/mol. The van der Waals surface area contributed by atoms with Crippen LogP contribution >= 0.6 is 0 Å². The Labute approximate surface area is 117 Å². The van der Waals surface area contributed by atoms with Crippen LogP contribution in [0.25, 0.3) is 0 Å². The molecule has 5 heteroatoms. The first kappa shape index (κ1) is 14.1. The van der Waals surface area contributed by atoms with E-state index in [1.54, 1.807) is 29.2 Å². The molecule has 0 saturated carbocycles. The Morgan fingerprint density at radius 1 is 1.45 bits per heavy atom. The molecule has 1 fully saturated rings. The molecule has 1 saturated heterocycles. The summed E-state index contributed by atoms with van der Waals surface area (Å²) in [5.41, 5.74) is 1.29. The summed E-state index contributed by atoms with van der Waals surface area (Å²) in [6.07, 6.45) is 0.824. The first-order chi connectivity index (χ1) is 9.58. The first-order valence-electron chi connectivity index (χ1n) is 6.60. The largest absolute Gasteiger partial charge is 0.481 e. The van der Waals surface area contributed by atoms with E-state index in [-0.39, 0.29) is 12.3 Å². The van der Waals surface area contributed by atoms with Crippen molar-refractivity contribution in [2.75, 3.05) is 6.54 Å². The number of rotatable bonds is 4. The number of carboxylic acid groups (broad SMARTS) is 1. The lowest BCUT2D eigenvalue weighted by Gasteiger charge is -2.27. The molecule has 0 radical (unpaired) electrons. The van der Waals surface area contributed by atoms with Crippen LogP contribution in [0.5, 0.6) is 0 Å². The number of nitrogens with zero attached hydrogens (tertiary/aromatic N) is 2. The van der Waals surface area contributed by atoms with Gasteiger partial charge in [-0.15, -0.1) is 0 Å². The summed E-state index contributed by atoms with van der Waals surface area (Å²) in [5.74, 6) is -1.79. The van der Waals surface area contributed by atoms with Gasteiger partial charge < -0.3 is 10.0 Å². The van der Waals surface area contributed by atoms with Crippen LogP contribution in [0.1, 0.15) is 36.9 Å². The molecule has 1 N–H and O–H groups in total. The van der Waals surface area contributed by atoms with Gasteiger partial charge in [-0.3, -0.25) is 9.59 Å². The second-order valence-electron chi connectivity index (χ2n) is 4.91. The summed E-state index contributed by atoms with van der Waals surface area (Å²) in [6.45, 7) is 2.50. The van der Waals surface area contributed by atoms with Crippen molar-refractivity contribution in [1.29, 1.82) is 5.26 Å². The van der Waals surface area contributed by atoms with E-state index < -0.39 is 17.9 Å². The number of hydrogen-bond donors (Lipinski definition) is 1. The van der Waals surface area contributed by atoms with Gasteiger partial charge in [-0.05, 0) is 24.1 Å². The number of carbonyl (C=O) groups excluding carboxylic acids is 1. The Bertz CT molecular complexity index is 559. The van der Waals surface area contributed by atoms with Crippen molar-refractivity contribution in [3.8, 4) is 6.07 Å². The van der Waals surface area contributed by atoms with Gasteiger partial charge in [0.25, 0.3) is 0 Å². The number of likely N-dealkylation sites (tertiary alicyclic amines) is 1. The number of carboxylic acids is 1.